The Hall–Kier alpha value is -2.89. The van der Waals surface area contributed by atoms with E-state index >= 15 is 0 Å². The second-order valence-electron chi connectivity index (χ2n) is 7.25. The van der Waals surface area contributed by atoms with Gasteiger partial charge in [0.05, 0.1) is 0 Å². The minimum absolute atomic E-state index is 0.0460. The third-order valence-corrected chi connectivity index (χ3v) is 5.63. The lowest BCUT2D eigenvalue weighted by Crippen LogP contribution is -2.41. The Labute approximate surface area is 156 Å². The summed E-state index contributed by atoms with van der Waals surface area (Å²) in [5, 5.41) is 19.9. The molecule has 0 aromatic heterocycles. The highest BCUT2D eigenvalue weighted by Crippen LogP contribution is 2.50. The molecule has 0 saturated heterocycles. The van der Waals surface area contributed by atoms with E-state index in [2.05, 4.69) is 0 Å². The van der Waals surface area contributed by atoms with Gasteiger partial charge in [0, 0.05) is 46.9 Å². The van der Waals surface area contributed by atoms with Gasteiger partial charge in [-0.2, -0.15) is 0 Å². The number of carbonyl (C=O) groups excluding carboxylic acids is 2. The number of allylic oxidation sites excluding steroid dienone is 4. The molecule has 0 amide bonds. The summed E-state index contributed by atoms with van der Waals surface area (Å²) in [6.07, 6.45) is 3.28. The van der Waals surface area contributed by atoms with Gasteiger partial charge in [-0.25, -0.2) is 0 Å². The first kappa shape index (κ1) is 17.5. The summed E-state index contributed by atoms with van der Waals surface area (Å²) < 4.78 is 0. The van der Waals surface area contributed by atoms with Crippen LogP contribution in [-0.2, 0) is 14.4 Å². The average Bonchev–Trinajstić information content (AvgIpc) is 2.63. The summed E-state index contributed by atoms with van der Waals surface area (Å²) in [6.45, 7) is -0.258. The number of nitrogens with zero attached hydrogens (tertiary/aromatic N) is 1. The molecule has 1 aromatic carbocycles. The van der Waals surface area contributed by atoms with Crippen molar-refractivity contribution in [2.45, 2.75) is 44.4 Å². The lowest BCUT2D eigenvalue weighted by molar-refractivity contribution is -0.138. The van der Waals surface area contributed by atoms with Crippen molar-refractivity contribution in [1.82, 2.24) is 4.90 Å². The summed E-state index contributed by atoms with van der Waals surface area (Å²) in [5.74, 6) is -1.69. The molecule has 0 unspecified atom stereocenters. The summed E-state index contributed by atoms with van der Waals surface area (Å²) in [7, 11) is 0. The van der Waals surface area contributed by atoms with E-state index in [1.54, 1.807) is 29.2 Å². The maximum Gasteiger partial charge on any atom is 0.323 e. The van der Waals surface area contributed by atoms with Crippen LogP contribution in [0.1, 0.15) is 50.0 Å². The Kier molecular flexibility index (Phi) is 4.34. The van der Waals surface area contributed by atoms with Crippen LogP contribution in [0.5, 0.6) is 5.75 Å². The van der Waals surface area contributed by atoms with E-state index in [4.69, 9.17) is 0 Å². The molecule has 6 heteroatoms. The maximum absolute atomic E-state index is 12.9. The zero-order valence-corrected chi connectivity index (χ0v) is 14.9. The van der Waals surface area contributed by atoms with Gasteiger partial charge < -0.3 is 15.1 Å². The van der Waals surface area contributed by atoms with Gasteiger partial charge in [0.2, 0.25) is 0 Å². The fraction of sp³-hybridized carbons (Fsp3) is 0.381. The van der Waals surface area contributed by atoms with Crippen molar-refractivity contribution in [2.75, 3.05) is 6.54 Å². The first-order valence-corrected chi connectivity index (χ1v) is 9.28. The van der Waals surface area contributed by atoms with Crippen molar-refractivity contribution in [3.05, 3.63) is 52.4 Å². The van der Waals surface area contributed by atoms with Crippen LogP contribution in [0.3, 0.4) is 0 Å². The predicted molar refractivity (Wildman–Crippen MR) is 97.0 cm³/mol. The number of phenols is 1. The second kappa shape index (κ2) is 6.68. The second-order valence-corrected chi connectivity index (χ2v) is 7.25. The number of hydrogen-bond acceptors (Lipinski definition) is 5. The third-order valence-electron chi connectivity index (χ3n) is 5.63. The molecule has 0 saturated carbocycles. The molecular weight excluding hydrogens is 346 g/mol. The molecule has 1 aliphatic heterocycles. The highest BCUT2D eigenvalue weighted by molar-refractivity contribution is 6.06. The van der Waals surface area contributed by atoms with Crippen molar-refractivity contribution in [1.29, 1.82) is 0 Å². The molecule has 0 bridgehead atoms. The van der Waals surface area contributed by atoms with Crippen LogP contribution in [0, 0.1) is 0 Å². The van der Waals surface area contributed by atoms with Crippen LogP contribution in [0.4, 0.5) is 0 Å². The molecule has 4 rings (SSSR count). The predicted octanol–water partition coefficient (Wildman–Crippen LogP) is 2.89. The van der Waals surface area contributed by atoms with Gasteiger partial charge >= 0.3 is 5.97 Å². The lowest BCUT2D eigenvalue weighted by Gasteiger charge is -2.43. The highest BCUT2D eigenvalue weighted by Gasteiger charge is 2.44. The average molecular weight is 367 g/mol. The maximum atomic E-state index is 12.9. The summed E-state index contributed by atoms with van der Waals surface area (Å²) in [5.41, 5.74) is 2.92. The number of carboxylic acid groups (broad SMARTS) is 1. The van der Waals surface area contributed by atoms with Crippen LogP contribution in [0.15, 0.2) is 46.8 Å². The van der Waals surface area contributed by atoms with Crippen LogP contribution in [0.25, 0.3) is 0 Å². The molecule has 1 heterocycles. The summed E-state index contributed by atoms with van der Waals surface area (Å²) >= 11 is 0. The highest BCUT2D eigenvalue weighted by atomic mass is 16.4. The molecule has 3 aliphatic rings. The minimum atomic E-state index is -0.995. The van der Waals surface area contributed by atoms with E-state index in [1.165, 1.54) is 0 Å². The Balaban J connectivity index is 1.98. The van der Waals surface area contributed by atoms with Gasteiger partial charge in [0.1, 0.15) is 12.3 Å². The molecule has 6 nitrogen and oxygen atoms in total. The lowest BCUT2D eigenvalue weighted by atomic mass is 9.70. The van der Waals surface area contributed by atoms with Gasteiger partial charge in [-0.1, -0.05) is 18.2 Å². The Morgan fingerprint density at radius 2 is 1.52 bits per heavy atom. The van der Waals surface area contributed by atoms with E-state index in [0.717, 1.165) is 0 Å². The molecular formula is C21H21NO5. The number of ketones is 2. The molecule has 140 valence electrons. The SMILES string of the molecule is O=C(O)CN1C2=C(C(=O)CCC2)C(c2ccccc2O)C2=C1CCCC2=O. The van der Waals surface area contributed by atoms with Gasteiger partial charge in [-0.05, 0) is 31.7 Å². The fourth-order valence-electron chi connectivity index (χ4n) is 4.59. The number of aromatic hydroxyl groups is 1. The molecule has 2 N–H and O–H groups in total. The van der Waals surface area contributed by atoms with Crippen molar-refractivity contribution < 1.29 is 24.6 Å². The Bertz CT molecular complexity index is 867. The van der Waals surface area contributed by atoms with Gasteiger partial charge in [-0.15, -0.1) is 0 Å². The molecule has 0 atom stereocenters. The van der Waals surface area contributed by atoms with Crippen LogP contribution in [0.2, 0.25) is 0 Å². The van der Waals surface area contributed by atoms with Crippen molar-refractivity contribution in [3.63, 3.8) is 0 Å². The quantitative estimate of drug-likeness (QED) is 0.853. The molecule has 0 radical (unpaired) electrons. The van der Waals surface area contributed by atoms with E-state index in [0.29, 0.717) is 66.6 Å². The van der Waals surface area contributed by atoms with Crippen molar-refractivity contribution in [3.8, 4) is 5.75 Å². The van der Waals surface area contributed by atoms with E-state index < -0.39 is 11.9 Å². The smallest absolute Gasteiger partial charge is 0.323 e. The third kappa shape index (κ3) is 2.85. The number of rotatable bonds is 3. The van der Waals surface area contributed by atoms with Crippen molar-refractivity contribution in [2.24, 2.45) is 0 Å². The number of carboxylic acids is 1. The monoisotopic (exact) mass is 367 g/mol. The van der Waals surface area contributed by atoms with E-state index in [-0.39, 0.29) is 23.9 Å². The van der Waals surface area contributed by atoms with Gasteiger partial charge in [0.15, 0.2) is 11.6 Å². The number of hydrogen-bond donors (Lipinski definition) is 2. The Morgan fingerprint density at radius 1 is 0.963 bits per heavy atom. The van der Waals surface area contributed by atoms with Gasteiger partial charge in [0.25, 0.3) is 0 Å². The normalized spacial score (nSPS) is 20.7. The summed E-state index contributed by atoms with van der Waals surface area (Å²) in [6, 6.07) is 6.78. The number of carbonyl (C=O) groups is 3. The molecule has 1 aromatic rings. The zero-order valence-electron chi connectivity index (χ0n) is 14.9. The largest absolute Gasteiger partial charge is 0.508 e. The number of phenolic OH excluding ortho intramolecular Hbond substituents is 1. The number of para-hydroxylation sites is 1. The van der Waals surface area contributed by atoms with Gasteiger partial charge in [-0.3, -0.25) is 14.4 Å². The standard InChI is InChI=1S/C21H21NO5/c23-15-8-2-1-5-12(15)19-20-13(6-3-9-16(20)24)22(11-18(26)27)14-7-4-10-17(25)21(14)19/h1-2,5,8,19,23H,3-4,6-7,9-11H2,(H,26,27). The Morgan fingerprint density at radius 3 is 2.04 bits per heavy atom. The molecule has 0 spiro atoms. The molecule has 27 heavy (non-hydrogen) atoms. The van der Waals surface area contributed by atoms with Crippen LogP contribution >= 0.6 is 0 Å². The molecule has 2 aliphatic carbocycles. The van der Waals surface area contributed by atoms with Crippen LogP contribution < -0.4 is 0 Å². The zero-order chi connectivity index (χ0) is 19.1. The molecule has 0 fully saturated rings. The number of aliphatic carboxylic acids is 1. The summed E-state index contributed by atoms with van der Waals surface area (Å²) in [4.78, 5) is 38.9. The fourth-order valence-corrected chi connectivity index (χ4v) is 4.59. The first-order valence-electron chi connectivity index (χ1n) is 9.28. The van der Waals surface area contributed by atoms with Crippen molar-refractivity contribution >= 4 is 17.5 Å². The van der Waals surface area contributed by atoms with Crippen LogP contribution in [-0.4, -0.2) is 39.2 Å². The number of Topliss-reactive ketones (excluding diaryl/α,β-unsaturated/α-hetero) is 2. The number of benzene rings is 1. The minimum Gasteiger partial charge on any atom is -0.508 e. The van der Waals surface area contributed by atoms with E-state index in [1.807, 2.05) is 0 Å². The first-order chi connectivity index (χ1) is 13.0. The topological polar surface area (TPSA) is 94.9 Å². The van der Waals surface area contributed by atoms with E-state index in [9.17, 15) is 24.6 Å².